The number of thiazole rings is 1. The van der Waals surface area contributed by atoms with Gasteiger partial charge < -0.3 is 36.4 Å². The maximum atomic E-state index is 14.1. The SMILES string of the molecule is CC[C@@H](CC(C)C(=O)N[C@@H](CCCCN)C(=O)O)NC(=O)c1csc([C@@H](C[C@H](C(C)C)N(C)C(=O)[C@@H](NC(=O)C(C)(C)N(C)C)[C@@H](C)CC)OC(C)=O)n1. The number of ether oxygens (including phenoxy) is 1. The van der Waals surface area contributed by atoms with Crippen LogP contribution >= 0.6 is 11.3 Å². The second-order valence-electron chi connectivity index (χ2n) is 15.4. The second kappa shape index (κ2) is 22.7. The molecule has 0 radical (unpaired) electrons. The first-order chi connectivity index (χ1) is 25.1. The standard InChI is InChI=1S/C38H67N7O8S/c1-13-23(5)31(43-37(52)38(8,9)44(10)11)35(49)45(12)29(22(3)4)20-30(53-25(7)46)34-42-28(21-54-34)33(48)40-26(14-2)19-24(6)32(47)41-27(36(50)51)17-15-16-18-39/h21-24,26-27,29-31H,13-20,39H2,1-12H3,(H,40,48)(H,41,47)(H,43,52)(H,50,51)/t23-,24?,26-,27-,29+,30+,31-/m0/s1. The van der Waals surface area contributed by atoms with E-state index >= 15 is 0 Å². The lowest BCUT2D eigenvalue weighted by Gasteiger charge is -2.38. The minimum atomic E-state index is -1.11. The van der Waals surface area contributed by atoms with Gasteiger partial charge in [-0.15, -0.1) is 11.3 Å². The first kappa shape index (κ1) is 48.4. The molecule has 0 spiro atoms. The zero-order valence-electron chi connectivity index (χ0n) is 34.5. The summed E-state index contributed by atoms with van der Waals surface area (Å²) in [6, 6.07) is -2.63. The van der Waals surface area contributed by atoms with Crippen molar-refractivity contribution in [3.05, 3.63) is 16.1 Å². The monoisotopic (exact) mass is 781 g/mol. The number of hydrogen-bond donors (Lipinski definition) is 5. The number of hydrogen-bond acceptors (Lipinski definition) is 11. The molecule has 1 unspecified atom stereocenters. The molecule has 0 fully saturated rings. The zero-order chi connectivity index (χ0) is 41.5. The number of nitrogens with two attached hydrogens (primary N) is 1. The van der Waals surface area contributed by atoms with Crippen molar-refractivity contribution < 1.29 is 38.6 Å². The molecule has 7 atom stereocenters. The van der Waals surface area contributed by atoms with Gasteiger partial charge in [-0.1, -0.05) is 48.0 Å². The molecule has 0 aliphatic carbocycles. The number of nitrogens with zero attached hydrogens (tertiary/aromatic N) is 3. The maximum Gasteiger partial charge on any atom is 0.326 e. The summed E-state index contributed by atoms with van der Waals surface area (Å²) in [6.07, 6.45) is 2.29. The van der Waals surface area contributed by atoms with E-state index in [1.807, 2.05) is 34.6 Å². The van der Waals surface area contributed by atoms with Crippen molar-refractivity contribution in [3.8, 4) is 0 Å². The van der Waals surface area contributed by atoms with Gasteiger partial charge in [0.1, 0.15) is 22.8 Å². The third kappa shape index (κ3) is 14.5. The number of likely N-dealkylation sites (N-methyl/N-ethyl adjacent to an activating group) is 2. The van der Waals surface area contributed by atoms with Crippen molar-refractivity contribution in [2.45, 2.75) is 143 Å². The van der Waals surface area contributed by atoms with Gasteiger partial charge in [0.2, 0.25) is 17.7 Å². The van der Waals surface area contributed by atoms with Gasteiger partial charge in [-0.2, -0.15) is 0 Å². The average Bonchev–Trinajstić information content (AvgIpc) is 3.60. The van der Waals surface area contributed by atoms with E-state index in [0.29, 0.717) is 37.2 Å². The van der Waals surface area contributed by atoms with Crippen LogP contribution in [0.4, 0.5) is 0 Å². The molecule has 1 heterocycles. The lowest BCUT2D eigenvalue weighted by Crippen LogP contribution is -2.60. The Labute approximate surface area is 325 Å². The Balaban J connectivity index is 3.19. The van der Waals surface area contributed by atoms with Crippen LogP contribution in [-0.4, -0.2) is 113 Å². The number of aliphatic carboxylic acids is 1. The number of aromatic nitrogens is 1. The molecule has 0 aromatic carbocycles. The Morgan fingerprint density at radius 3 is 2.09 bits per heavy atom. The van der Waals surface area contributed by atoms with Crippen LogP contribution in [0, 0.1) is 17.8 Å². The summed E-state index contributed by atoms with van der Waals surface area (Å²) in [6.45, 7) is 16.7. The van der Waals surface area contributed by atoms with E-state index < -0.39 is 65.5 Å². The molecule has 0 bridgehead atoms. The molecule has 0 saturated heterocycles. The van der Waals surface area contributed by atoms with Gasteiger partial charge in [-0.3, -0.25) is 28.9 Å². The Morgan fingerprint density at radius 2 is 1.59 bits per heavy atom. The summed E-state index contributed by atoms with van der Waals surface area (Å²) in [5.74, 6) is -3.88. The predicted molar refractivity (Wildman–Crippen MR) is 210 cm³/mol. The molecule has 0 aliphatic heterocycles. The van der Waals surface area contributed by atoms with Gasteiger partial charge in [0.25, 0.3) is 5.91 Å². The fourth-order valence-corrected chi connectivity index (χ4v) is 6.65. The largest absolute Gasteiger partial charge is 0.480 e. The number of unbranched alkanes of at least 4 members (excludes halogenated alkanes) is 1. The molecule has 0 aliphatic rings. The molecule has 1 aromatic rings. The Hall–Kier alpha value is -3.63. The van der Waals surface area contributed by atoms with E-state index in [1.54, 1.807) is 57.1 Å². The molecule has 0 saturated carbocycles. The Kier molecular flexibility index (Phi) is 20.3. The molecule has 6 N–H and O–H groups in total. The molecular weight excluding hydrogens is 715 g/mol. The number of carbonyl (C=O) groups is 6. The lowest BCUT2D eigenvalue weighted by atomic mass is 9.92. The molecule has 1 rings (SSSR count). The van der Waals surface area contributed by atoms with Crippen molar-refractivity contribution in [3.63, 3.8) is 0 Å². The summed E-state index contributed by atoms with van der Waals surface area (Å²) in [7, 11) is 5.30. The van der Waals surface area contributed by atoms with Crippen molar-refractivity contribution in [2.24, 2.45) is 23.5 Å². The first-order valence-electron chi connectivity index (χ1n) is 19.0. The second-order valence-corrected chi connectivity index (χ2v) is 16.2. The van der Waals surface area contributed by atoms with Crippen molar-refractivity contribution in [1.82, 2.24) is 30.7 Å². The van der Waals surface area contributed by atoms with Gasteiger partial charge in [-0.05, 0) is 78.4 Å². The smallest absolute Gasteiger partial charge is 0.326 e. The summed E-state index contributed by atoms with van der Waals surface area (Å²) < 4.78 is 5.74. The van der Waals surface area contributed by atoms with E-state index in [9.17, 15) is 33.9 Å². The van der Waals surface area contributed by atoms with Crippen LogP contribution in [0.25, 0.3) is 0 Å². The van der Waals surface area contributed by atoms with Crippen molar-refractivity contribution >= 4 is 46.9 Å². The maximum absolute atomic E-state index is 14.1. The van der Waals surface area contributed by atoms with Crippen LogP contribution in [-0.2, 0) is 28.7 Å². The predicted octanol–water partition coefficient (Wildman–Crippen LogP) is 3.72. The zero-order valence-corrected chi connectivity index (χ0v) is 35.3. The average molecular weight is 782 g/mol. The number of amides is 4. The fraction of sp³-hybridized carbons (Fsp3) is 0.763. The number of carboxylic acids is 1. The van der Waals surface area contributed by atoms with Gasteiger partial charge in [-0.25, -0.2) is 9.78 Å². The molecular formula is C38H67N7O8S. The minimum absolute atomic E-state index is 0.0764. The Morgan fingerprint density at radius 1 is 0.963 bits per heavy atom. The molecule has 54 heavy (non-hydrogen) atoms. The number of esters is 1. The third-order valence-electron chi connectivity index (χ3n) is 10.3. The highest BCUT2D eigenvalue weighted by molar-refractivity contribution is 7.09. The summed E-state index contributed by atoms with van der Waals surface area (Å²) in [5, 5.41) is 20.0. The lowest BCUT2D eigenvalue weighted by molar-refractivity contribution is -0.149. The topological polar surface area (TPSA) is 213 Å². The third-order valence-corrected chi connectivity index (χ3v) is 11.3. The van der Waals surface area contributed by atoms with Crippen molar-refractivity contribution in [2.75, 3.05) is 27.7 Å². The molecule has 15 nitrogen and oxygen atoms in total. The molecule has 308 valence electrons. The number of rotatable bonds is 24. The number of carboxylic acid groups (broad SMARTS) is 1. The van der Waals surface area contributed by atoms with Crippen LogP contribution in [0.1, 0.15) is 129 Å². The van der Waals surface area contributed by atoms with Crippen LogP contribution in [0.2, 0.25) is 0 Å². The molecule has 16 heteroatoms. The van der Waals surface area contributed by atoms with E-state index in [4.69, 9.17) is 10.5 Å². The van der Waals surface area contributed by atoms with Crippen LogP contribution in [0.3, 0.4) is 0 Å². The summed E-state index contributed by atoms with van der Waals surface area (Å²) in [4.78, 5) is 85.6. The number of carbonyl (C=O) groups excluding carboxylic acids is 5. The van der Waals surface area contributed by atoms with E-state index in [2.05, 4.69) is 20.9 Å². The van der Waals surface area contributed by atoms with Crippen LogP contribution in [0.15, 0.2) is 5.38 Å². The van der Waals surface area contributed by atoms with Gasteiger partial charge in [0.05, 0.1) is 5.54 Å². The Bertz CT molecular complexity index is 1400. The van der Waals surface area contributed by atoms with Crippen molar-refractivity contribution in [1.29, 1.82) is 0 Å². The molecule has 1 aromatic heterocycles. The highest BCUT2D eigenvalue weighted by atomic mass is 32.1. The fourth-order valence-electron chi connectivity index (χ4n) is 5.81. The minimum Gasteiger partial charge on any atom is -0.480 e. The number of nitrogens with one attached hydrogen (secondary N) is 3. The van der Waals surface area contributed by atoms with E-state index in [0.717, 1.165) is 11.3 Å². The summed E-state index contributed by atoms with van der Waals surface area (Å²) >= 11 is 1.16. The highest BCUT2D eigenvalue weighted by Crippen LogP contribution is 2.31. The highest BCUT2D eigenvalue weighted by Gasteiger charge is 2.39. The van der Waals surface area contributed by atoms with Gasteiger partial charge >= 0.3 is 11.9 Å². The van der Waals surface area contributed by atoms with Gasteiger partial charge in [0, 0.05) is 43.8 Å². The quantitative estimate of drug-likeness (QED) is 0.0753. The first-order valence-corrected chi connectivity index (χ1v) is 19.9. The molecule has 4 amide bonds. The van der Waals surface area contributed by atoms with Crippen LogP contribution < -0.4 is 21.7 Å². The van der Waals surface area contributed by atoms with E-state index in [1.165, 1.54) is 6.92 Å². The normalized spacial score (nSPS) is 15.7. The summed E-state index contributed by atoms with van der Waals surface area (Å²) in [5.41, 5.74) is 4.77. The van der Waals surface area contributed by atoms with E-state index in [-0.39, 0.29) is 48.6 Å². The van der Waals surface area contributed by atoms with Crippen LogP contribution in [0.5, 0.6) is 0 Å². The van der Waals surface area contributed by atoms with Gasteiger partial charge in [0.15, 0.2) is 6.10 Å².